The molecule has 0 unspecified atom stereocenters. The predicted molar refractivity (Wildman–Crippen MR) is 119 cm³/mol. The van der Waals surface area contributed by atoms with Crippen molar-refractivity contribution in [3.05, 3.63) is 76.9 Å². The Morgan fingerprint density at radius 1 is 1.27 bits per heavy atom. The van der Waals surface area contributed by atoms with E-state index in [9.17, 15) is 10.1 Å². The van der Waals surface area contributed by atoms with Crippen LogP contribution in [0.2, 0.25) is 0 Å². The van der Waals surface area contributed by atoms with Gasteiger partial charge in [0.2, 0.25) is 0 Å². The van der Waals surface area contributed by atoms with Crippen LogP contribution in [-0.2, 0) is 17.9 Å². The van der Waals surface area contributed by atoms with E-state index in [1.54, 1.807) is 23.2 Å². The monoisotopic (exact) mass is 401 g/mol. The van der Waals surface area contributed by atoms with Gasteiger partial charge in [0, 0.05) is 24.1 Å². The molecule has 0 bridgehead atoms. The van der Waals surface area contributed by atoms with Gasteiger partial charge in [-0.3, -0.25) is 9.48 Å². The van der Waals surface area contributed by atoms with Gasteiger partial charge in [0.1, 0.15) is 11.6 Å². The van der Waals surface area contributed by atoms with Crippen LogP contribution < -0.4 is 5.32 Å². The van der Waals surface area contributed by atoms with Crippen molar-refractivity contribution in [3.63, 3.8) is 0 Å². The first kappa shape index (κ1) is 21.1. The molecule has 0 saturated heterocycles. The van der Waals surface area contributed by atoms with Gasteiger partial charge in [-0.05, 0) is 43.0 Å². The van der Waals surface area contributed by atoms with Crippen LogP contribution in [0.4, 0.5) is 5.69 Å². The van der Waals surface area contributed by atoms with E-state index < -0.39 is 5.91 Å². The molecule has 0 atom stereocenters. The fraction of sp³-hybridized carbons (Fsp3) is 0.292. The Morgan fingerprint density at radius 2 is 2.00 bits per heavy atom. The maximum Gasteiger partial charge on any atom is 0.266 e. The first-order valence-corrected chi connectivity index (χ1v) is 10.0. The van der Waals surface area contributed by atoms with Crippen molar-refractivity contribution in [2.24, 2.45) is 5.92 Å². The average Bonchev–Trinajstić information content (AvgIpc) is 3.25. The highest BCUT2D eigenvalue weighted by atomic mass is 16.1. The second-order valence-corrected chi connectivity index (χ2v) is 7.87. The Morgan fingerprint density at radius 3 is 2.67 bits per heavy atom. The molecule has 1 aromatic carbocycles. The molecule has 2 aromatic heterocycles. The van der Waals surface area contributed by atoms with Crippen molar-refractivity contribution < 1.29 is 4.79 Å². The van der Waals surface area contributed by atoms with E-state index >= 15 is 0 Å². The fourth-order valence-corrected chi connectivity index (χ4v) is 3.41. The number of nitrogens with one attached hydrogen (secondary N) is 1. The van der Waals surface area contributed by atoms with Crippen molar-refractivity contribution in [2.45, 2.75) is 40.8 Å². The summed E-state index contributed by atoms with van der Waals surface area (Å²) in [6.07, 6.45) is 5.00. The highest BCUT2D eigenvalue weighted by Gasteiger charge is 2.14. The van der Waals surface area contributed by atoms with Crippen LogP contribution in [0.5, 0.6) is 0 Å². The molecule has 1 amide bonds. The number of carbonyl (C=O) groups is 1. The van der Waals surface area contributed by atoms with E-state index in [0.717, 1.165) is 29.1 Å². The molecule has 0 radical (unpaired) electrons. The third kappa shape index (κ3) is 5.06. The molecule has 0 aliphatic rings. The number of carbonyl (C=O) groups excluding carboxylic acids is 1. The molecule has 6 nitrogen and oxygen atoms in total. The number of amides is 1. The number of nitrogens with zero attached hydrogens (tertiary/aromatic N) is 4. The van der Waals surface area contributed by atoms with Crippen LogP contribution in [0.1, 0.15) is 36.4 Å². The molecule has 3 rings (SSSR count). The van der Waals surface area contributed by atoms with Crippen LogP contribution in [0.15, 0.2) is 54.4 Å². The van der Waals surface area contributed by atoms with Crippen molar-refractivity contribution in [2.75, 3.05) is 5.32 Å². The first-order chi connectivity index (χ1) is 14.4. The van der Waals surface area contributed by atoms with E-state index in [1.165, 1.54) is 0 Å². The number of hydrogen-bond donors (Lipinski definition) is 1. The van der Waals surface area contributed by atoms with Crippen LogP contribution in [0.25, 0.3) is 6.08 Å². The highest BCUT2D eigenvalue weighted by molar-refractivity contribution is 6.09. The summed E-state index contributed by atoms with van der Waals surface area (Å²) in [6.45, 7) is 9.91. The lowest BCUT2D eigenvalue weighted by atomic mass is 10.1. The largest absolute Gasteiger partial charge is 0.348 e. The second kappa shape index (κ2) is 9.27. The number of anilines is 1. The van der Waals surface area contributed by atoms with Gasteiger partial charge in [-0.15, -0.1) is 0 Å². The predicted octanol–water partition coefficient (Wildman–Crippen LogP) is 4.55. The van der Waals surface area contributed by atoms with E-state index in [2.05, 4.69) is 28.8 Å². The zero-order valence-corrected chi connectivity index (χ0v) is 17.9. The molecule has 2 heterocycles. The second-order valence-electron chi connectivity index (χ2n) is 7.87. The summed E-state index contributed by atoms with van der Waals surface area (Å²) < 4.78 is 3.97. The Balaban J connectivity index is 1.74. The number of benzene rings is 1. The lowest BCUT2D eigenvalue weighted by Gasteiger charge is -2.12. The lowest BCUT2D eigenvalue weighted by Crippen LogP contribution is -2.13. The highest BCUT2D eigenvalue weighted by Crippen LogP contribution is 2.20. The van der Waals surface area contributed by atoms with Crippen LogP contribution >= 0.6 is 0 Å². The molecular weight excluding hydrogens is 374 g/mol. The van der Waals surface area contributed by atoms with Crippen molar-refractivity contribution >= 4 is 17.7 Å². The van der Waals surface area contributed by atoms with Gasteiger partial charge in [0.25, 0.3) is 5.91 Å². The zero-order chi connectivity index (χ0) is 21.7. The number of hydrogen-bond acceptors (Lipinski definition) is 3. The molecule has 0 aliphatic heterocycles. The van der Waals surface area contributed by atoms with Gasteiger partial charge >= 0.3 is 0 Å². The number of aromatic nitrogens is 3. The Kier molecular flexibility index (Phi) is 6.53. The zero-order valence-electron chi connectivity index (χ0n) is 17.9. The molecule has 0 fully saturated rings. The number of nitriles is 1. The fourth-order valence-electron chi connectivity index (χ4n) is 3.41. The molecule has 3 aromatic rings. The van der Waals surface area contributed by atoms with E-state index in [0.29, 0.717) is 18.2 Å². The van der Waals surface area contributed by atoms with E-state index in [-0.39, 0.29) is 5.57 Å². The van der Waals surface area contributed by atoms with Gasteiger partial charge < -0.3 is 9.88 Å². The lowest BCUT2D eigenvalue weighted by molar-refractivity contribution is -0.112. The molecule has 154 valence electrons. The summed E-state index contributed by atoms with van der Waals surface area (Å²) in [5.74, 6) is 0.0724. The Bertz CT molecular complexity index is 1100. The van der Waals surface area contributed by atoms with E-state index in [1.807, 2.05) is 56.3 Å². The van der Waals surface area contributed by atoms with Crippen LogP contribution in [0, 0.1) is 31.1 Å². The summed E-state index contributed by atoms with van der Waals surface area (Å²) in [5.41, 5.74) is 4.80. The molecule has 6 heteroatoms. The van der Waals surface area contributed by atoms with Gasteiger partial charge in [-0.25, -0.2) is 0 Å². The van der Waals surface area contributed by atoms with Gasteiger partial charge in [0.15, 0.2) is 0 Å². The normalized spacial score (nSPS) is 11.5. The standard InChI is InChI=1S/C24H27N5O/c1-17(2)14-29-18(3)10-21(19(29)4)11-22(12-25)24(30)27-23-13-26-28(16-23)15-20-8-6-5-7-9-20/h5-11,13,16-17H,14-15H2,1-4H3,(H,27,30)/b22-11-. The van der Waals surface area contributed by atoms with E-state index in [4.69, 9.17) is 0 Å². The minimum Gasteiger partial charge on any atom is -0.348 e. The van der Waals surface area contributed by atoms with Crippen molar-refractivity contribution in [1.29, 1.82) is 5.26 Å². The molecular formula is C24H27N5O. The van der Waals surface area contributed by atoms with Gasteiger partial charge in [-0.1, -0.05) is 44.2 Å². The van der Waals surface area contributed by atoms with Gasteiger partial charge in [-0.2, -0.15) is 10.4 Å². The quantitative estimate of drug-likeness (QED) is 0.466. The minimum absolute atomic E-state index is 0.0654. The van der Waals surface area contributed by atoms with Crippen molar-refractivity contribution in [1.82, 2.24) is 14.3 Å². The Hall–Kier alpha value is -3.59. The summed E-state index contributed by atoms with van der Waals surface area (Å²) in [6, 6.07) is 14.0. The summed E-state index contributed by atoms with van der Waals surface area (Å²) in [7, 11) is 0. The third-order valence-corrected chi connectivity index (χ3v) is 4.90. The third-order valence-electron chi connectivity index (χ3n) is 4.90. The SMILES string of the molecule is Cc1cc(/C=C(/C#N)C(=O)Nc2cnn(Cc3ccccc3)c2)c(C)n1CC(C)C. The number of aryl methyl sites for hydroxylation is 1. The molecule has 0 aliphatic carbocycles. The van der Waals surface area contributed by atoms with Crippen LogP contribution in [-0.4, -0.2) is 20.3 Å². The summed E-state index contributed by atoms with van der Waals surface area (Å²) in [4.78, 5) is 12.7. The topological polar surface area (TPSA) is 75.6 Å². The smallest absolute Gasteiger partial charge is 0.266 e. The Labute approximate surface area is 177 Å². The van der Waals surface area contributed by atoms with Gasteiger partial charge in [0.05, 0.1) is 18.4 Å². The maximum atomic E-state index is 12.7. The van der Waals surface area contributed by atoms with Crippen molar-refractivity contribution in [3.8, 4) is 6.07 Å². The summed E-state index contributed by atoms with van der Waals surface area (Å²) in [5, 5.41) is 16.6. The molecule has 0 spiro atoms. The number of rotatable bonds is 7. The van der Waals surface area contributed by atoms with Crippen LogP contribution in [0.3, 0.4) is 0 Å². The molecule has 30 heavy (non-hydrogen) atoms. The minimum atomic E-state index is -0.439. The molecule has 0 saturated carbocycles. The summed E-state index contributed by atoms with van der Waals surface area (Å²) >= 11 is 0. The first-order valence-electron chi connectivity index (χ1n) is 10.0. The molecule has 1 N–H and O–H groups in total. The maximum absolute atomic E-state index is 12.7. The average molecular weight is 402 g/mol.